The Kier molecular flexibility index (Phi) is 19.8. The number of amides is 5. The van der Waals surface area contributed by atoms with Crippen molar-refractivity contribution in [3.8, 4) is 0 Å². The van der Waals surface area contributed by atoms with E-state index in [1.165, 1.54) is 30.1 Å². The van der Waals surface area contributed by atoms with Crippen LogP contribution in [0.15, 0.2) is 53.7 Å². The lowest BCUT2D eigenvalue weighted by Gasteiger charge is -2.40. The molecule has 2 aromatic rings. The Bertz CT molecular complexity index is 2290. The maximum Gasteiger partial charge on any atom is 0.253 e. The number of benzene rings is 1. The number of aromatic nitrogens is 3. The number of imide groups is 1. The lowest BCUT2D eigenvalue weighted by molar-refractivity contribution is -0.146. The van der Waals surface area contributed by atoms with Crippen molar-refractivity contribution in [3.63, 3.8) is 0 Å². The molecule has 2 fully saturated rings. The molecule has 70 heavy (non-hydrogen) atoms. The summed E-state index contributed by atoms with van der Waals surface area (Å²) >= 11 is 0. The monoisotopic (exact) mass is 995 g/mol. The molecule has 0 saturated carbocycles. The van der Waals surface area contributed by atoms with Crippen molar-refractivity contribution >= 4 is 51.3 Å². The summed E-state index contributed by atoms with van der Waals surface area (Å²) in [6.07, 6.45) is 4.30. The normalized spacial score (nSPS) is 19.4. The van der Waals surface area contributed by atoms with E-state index in [0.29, 0.717) is 25.1 Å². The van der Waals surface area contributed by atoms with Crippen LogP contribution in [0, 0.1) is 23.7 Å². The molecule has 8 atom stereocenters. The highest BCUT2D eigenvalue weighted by molar-refractivity contribution is 7.90. The molecule has 1 aromatic carbocycles. The second-order valence-electron chi connectivity index (χ2n) is 19.3. The van der Waals surface area contributed by atoms with Crippen molar-refractivity contribution in [2.75, 3.05) is 60.7 Å². The highest BCUT2D eigenvalue weighted by atomic mass is 32.2. The Balaban J connectivity index is 1.24. The summed E-state index contributed by atoms with van der Waals surface area (Å²) in [6, 6.07) is 7.46. The molecule has 4 heterocycles. The number of carbonyl (C=O) groups is 6. The highest BCUT2D eigenvalue weighted by Gasteiger charge is 2.43. The number of nitrogens with zero attached hydrogens (tertiary/aromatic N) is 9. The number of ketones is 1. The number of likely N-dealkylation sites (tertiary alicyclic amines) is 1. The van der Waals surface area contributed by atoms with Crippen LogP contribution in [0.1, 0.15) is 84.4 Å². The van der Waals surface area contributed by atoms with Gasteiger partial charge in [-0.05, 0) is 43.1 Å². The number of guanidine groups is 1. The van der Waals surface area contributed by atoms with Crippen LogP contribution in [0.25, 0.3) is 0 Å². The van der Waals surface area contributed by atoms with E-state index in [-0.39, 0.29) is 68.2 Å². The van der Waals surface area contributed by atoms with Gasteiger partial charge in [0.15, 0.2) is 5.96 Å². The first-order valence-corrected chi connectivity index (χ1v) is 26.0. The van der Waals surface area contributed by atoms with Crippen LogP contribution in [0.2, 0.25) is 0 Å². The number of nitrogens with one attached hydrogen (secondary N) is 1. The Morgan fingerprint density at radius 3 is 2.20 bits per heavy atom. The summed E-state index contributed by atoms with van der Waals surface area (Å²) in [5.74, 6) is -4.01. The largest absolute Gasteiger partial charge is 0.379 e. The molecule has 1 N–H and O–H groups in total. The lowest BCUT2D eigenvalue weighted by Crippen LogP contribution is -2.54. The molecule has 3 aliphatic heterocycles. The molecule has 1 unspecified atom stereocenters. The van der Waals surface area contributed by atoms with E-state index in [2.05, 4.69) is 22.0 Å². The second kappa shape index (κ2) is 25.0. The van der Waals surface area contributed by atoms with Crippen LogP contribution in [-0.4, -0.2) is 180 Å². The second-order valence-corrected chi connectivity index (χ2v) is 21.2. The van der Waals surface area contributed by atoms with Crippen LogP contribution in [0.4, 0.5) is 0 Å². The van der Waals surface area contributed by atoms with Crippen LogP contribution >= 0.6 is 0 Å². The average molecular weight is 995 g/mol. The van der Waals surface area contributed by atoms with Crippen molar-refractivity contribution in [2.45, 2.75) is 123 Å². The predicted octanol–water partition coefficient (Wildman–Crippen LogP) is 2.54. The van der Waals surface area contributed by atoms with Crippen LogP contribution in [0.5, 0.6) is 0 Å². The highest BCUT2D eigenvalue weighted by Crippen LogP contribution is 2.31. The van der Waals surface area contributed by atoms with Crippen molar-refractivity contribution in [2.24, 2.45) is 28.7 Å². The maximum atomic E-state index is 14.5. The Morgan fingerprint density at radius 1 is 0.943 bits per heavy atom. The van der Waals surface area contributed by atoms with E-state index in [4.69, 9.17) is 14.5 Å². The minimum atomic E-state index is -4.16. The number of sulfonamides is 1. The van der Waals surface area contributed by atoms with Gasteiger partial charge in [0.25, 0.3) is 11.8 Å². The first kappa shape index (κ1) is 55.4. The first-order valence-electron chi connectivity index (χ1n) is 24.3. The molecular formula is C49H74N10O10S. The molecule has 20 nitrogen and oxygen atoms in total. The number of methoxy groups -OCH3 is 2. The fraction of sp³-hybridized carbons (Fsp3) is 0.653. The van der Waals surface area contributed by atoms with Crippen molar-refractivity contribution in [1.82, 2.24) is 44.2 Å². The van der Waals surface area contributed by atoms with Crippen LogP contribution < -0.4 is 4.72 Å². The minimum Gasteiger partial charge on any atom is -0.379 e. The predicted molar refractivity (Wildman–Crippen MR) is 262 cm³/mol. The lowest BCUT2D eigenvalue weighted by atomic mass is 9.85. The molecule has 3 aliphatic rings. The van der Waals surface area contributed by atoms with E-state index in [1.54, 1.807) is 55.1 Å². The molecule has 2 saturated heterocycles. The average Bonchev–Trinajstić information content (AvgIpc) is 4.13. The van der Waals surface area contributed by atoms with E-state index in [1.807, 2.05) is 50.7 Å². The minimum absolute atomic E-state index is 0.0145. The first-order chi connectivity index (χ1) is 33.2. The summed E-state index contributed by atoms with van der Waals surface area (Å²) in [5.41, 5.74) is 1.09. The van der Waals surface area contributed by atoms with Gasteiger partial charge in [0, 0.05) is 92.0 Å². The van der Waals surface area contributed by atoms with Crippen LogP contribution in [-0.2, 0) is 67.8 Å². The number of rotatable bonds is 26. The Morgan fingerprint density at radius 2 is 1.60 bits per heavy atom. The summed E-state index contributed by atoms with van der Waals surface area (Å²) < 4.78 is 42.3. The zero-order valence-corrected chi connectivity index (χ0v) is 43.3. The standard InChI is InChI=1S/C49H74N10O10S/c1-11-33(4)45(56(8)48(65)44(32(2)3)50-49-54(6)24-25-55(49)7)40(68-9)29-43(63)58-23-15-19-38(58)46(69-10)34(5)39(60)28-36(27-35-17-13-12-14-18-35)47(64)52-70(66,67)26-16-22-57-30-37(51-53-57)31-59-41(61)20-21-42(59)62/h12-14,17-18,20-21,30,32-34,36,38,40,44-46H,11,15-16,19,22-29,31H2,1-10H3,(H,52,64)/t33-,34-,36+,38-,40+,44-,45?,46+/m0/s1. The summed E-state index contributed by atoms with van der Waals surface area (Å²) in [4.78, 5) is 94.4. The molecule has 1 aromatic heterocycles. The molecular weight excluding hydrogens is 921 g/mol. The van der Waals surface area contributed by atoms with Gasteiger partial charge >= 0.3 is 0 Å². The van der Waals surface area contributed by atoms with E-state index >= 15 is 0 Å². The smallest absolute Gasteiger partial charge is 0.253 e. The van der Waals surface area contributed by atoms with Gasteiger partial charge in [-0.2, -0.15) is 0 Å². The van der Waals surface area contributed by atoms with Gasteiger partial charge in [0.1, 0.15) is 17.5 Å². The number of ether oxygens (including phenoxy) is 2. The SMILES string of the molecule is CC[C@H](C)C([C@@H](CC(=O)N1CCC[C@H]1[C@H](OC)[C@@H](C)C(=O)C[C@@H](Cc1ccccc1)C(=O)NS(=O)(=O)CCCn1cc(CN2C(=O)C=CC2=O)nn1)OC)N(C)C(=O)[C@@H](N=C1N(C)CCN1C)C(C)C. The third kappa shape index (κ3) is 14.1. The van der Waals surface area contributed by atoms with Crippen molar-refractivity contribution in [1.29, 1.82) is 0 Å². The van der Waals surface area contributed by atoms with E-state index in [0.717, 1.165) is 35.9 Å². The number of aryl methyl sites for hydroxylation is 1. The number of carbonyl (C=O) groups excluding carboxylic acids is 6. The molecule has 0 aliphatic carbocycles. The maximum absolute atomic E-state index is 14.5. The number of hydrogen-bond donors (Lipinski definition) is 1. The van der Waals surface area contributed by atoms with Gasteiger partial charge in [-0.15, -0.1) is 5.10 Å². The quantitative estimate of drug-likeness (QED) is 0.134. The van der Waals surface area contributed by atoms with Crippen LogP contribution in [0.3, 0.4) is 0 Å². The zero-order valence-electron chi connectivity index (χ0n) is 42.5. The van der Waals surface area contributed by atoms with Gasteiger partial charge in [-0.1, -0.05) is 76.6 Å². The molecule has 5 rings (SSSR count). The van der Waals surface area contributed by atoms with Gasteiger partial charge in [-0.25, -0.2) is 13.4 Å². The number of likely N-dealkylation sites (N-methyl/N-ethyl adjacent to an activating group) is 3. The summed E-state index contributed by atoms with van der Waals surface area (Å²) in [5, 5.41) is 7.95. The number of hydrogen-bond acceptors (Lipinski definition) is 13. The van der Waals surface area contributed by atoms with E-state index in [9.17, 15) is 37.2 Å². The van der Waals surface area contributed by atoms with E-state index < -0.39 is 75.7 Å². The Hall–Kier alpha value is -5.54. The van der Waals surface area contributed by atoms with Gasteiger partial charge in [-0.3, -0.25) is 43.1 Å². The van der Waals surface area contributed by atoms with Gasteiger partial charge in [0.05, 0.1) is 49.2 Å². The van der Waals surface area contributed by atoms with Gasteiger partial charge in [0.2, 0.25) is 27.7 Å². The third-order valence-electron chi connectivity index (χ3n) is 14.0. The fourth-order valence-electron chi connectivity index (χ4n) is 9.71. The fourth-order valence-corrected chi connectivity index (χ4v) is 10.8. The Labute approximate surface area is 413 Å². The van der Waals surface area contributed by atoms with Gasteiger partial charge < -0.3 is 29.1 Å². The molecule has 386 valence electrons. The number of Topliss-reactive ketones (excluding diaryl/α,β-unsaturated/α-hetero) is 1. The molecule has 0 spiro atoms. The molecule has 0 radical (unpaired) electrons. The molecule has 5 amide bonds. The summed E-state index contributed by atoms with van der Waals surface area (Å²) in [7, 11) is 4.59. The molecule has 0 bridgehead atoms. The van der Waals surface area contributed by atoms with Crippen molar-refractivity contribution < 1.29 is 46.7 Å². The topological polar surface area (TPSA) is 226 Å². The number of aliphatic imine (C=N–C) groups is 1. The zero-order chi connectivity index (χ0) is 51.4. The van der Waals surface area contributed by atoms with Crippen molar-refractivity contribution in [3.05, 3.63) is 59.9 Å². The summed E-state index contributed by atoms with van der Waals surface area (Å²) in [6.45, 7) is 11.9. The third-order valence-corrected chi connectivity index (χ3v) is 15.3. The molecule has 21 heteroatoms.